The minimum Gasteiger partial charge on any atom is -0.379 e. The summed E-state index contributed by atoms with van der Waals surface area (Å²) >= 11 is 6.09. The first-order valence-corrected chi connectivity index (χ1v) is 10.7. The lowest BCUT2D eigenvalue weighted by Gasteiger charge is -2.35. The first-order valence-electron chi connectivity index (χ1n) is 10.3. The molecule has 2 amide bonds. The van der Waals surface area contributed by atoms with Gasteiger partial charge in [-0.05, 0) is 42.3 Å². The Hall–Kier alpha value is -2.61. The molecule has 1 aliphatic heterocycles. The van der Waals surface area contributed by atoms with Gasteiger partial charge < -0.3 is 20.3 Å². The fraction of sp³-hybridized carbons (Fsp3) is 0.391. The van der Waals surface area contributed by atoms with E-state index in [2.05, 4.69) is 39.8 Å². The molecule has 0 bridgehead atoms. The number of benzene rings is 2. The molecule has 8 heteroatoms. The number of nitrogens with one attached hydrogen (secondary N) is 2. The van der Waals surface area contributed by atoms with E-state index in [1.54, 1.807) is 18.2 Å². The maximum atomic E-state index is 12.5. The van der Waals surface area contributed by atoms with Crippen LogP contribution >= 0.6 is 11.6 Å². The van der Waals surface area contributed by atoms with E-state index in [4.69, 9.17) is 16.3 Å². The Bertz CT molecular complexity index is 912. The Balaban J connectivity index is 1.66. The van der Waals surface area contributed by atoms with Crippen molar-refractivity contribution < 1.29 is 14.3 Å². The van der Waals surface area contributed by atoms with Crippen LogP contribution in [0.5, 0.6) is 0 Å². The number of ether oxygens (including phenoxy) is 1. The molecule has 1 heterocycles. The molecule has 0 unspecified atom stereocenters. The lowest BCUT2D eigenvalue weighted by atomic mass is 10.0. The maximum absolute atomic E-state index is 12.5. The minimum absolute atomic E-state index is 0.0503. The summed E-state index contributed by atoms with van der Waals surface area (Å²) in [5.41, 5.74) is 3.57. The highest BCUT2D eigenvalue weighted by Gasteiger charge is 2.24. The SMILES string of the molecule is Cc1ccc(NC(=O)C(=O)NC[C@@H](c2ccc(N(C)C)cc2)N2CCOCC2)cc1Cl. The molecule has 31 heavy (non-hydrogen) atoms. The second-order valence-electron chi connectivity index (χ2n) is 7.78. The fourth-order valence-electron chi connectivity index (χ4n) is 3.47. The van der Waals surface area contributed by atoms with Crippen molar-refractivity contribution in [2.45, 2.75) is 13.0 Å². The van der Waals surface area contributed by atoms with Gasteiger partial charge in [0, 0.05) is 50.1 Å². The summed E-state index contributed by atoms with van der Waals surface area (Å²) in [7, 11) is 3.99. The summed E-state index contributed by atoms with van der Waals surface area (Å²) in [6.07, 6.45) is 0. The van der Waals surface area contributed by atoms with Crippen molar-refractivity contribution in [2.75, 3.05) is 57.2 Å². The molecular weight excluding hydrogens is 416 g/mol. The normalized spacial score (nSPS) is 15.2. The van der Waals surface area contributed by atoms with Gasteiger partial charge in [-0.3, -0.25) is 14.5 Å². The monoisotopic (exact) mass is 444 g/mol. The molecule has 0 spiro atoms. The van der Waals surface area contributed by atoms with Crippen LogP contribution in [0.2, 0.25) is 5.02 Å². The number of rotatable bonds is 6. The van der Waals surface area contributed by atoms with E-state index in [-0.39, 0.29) is 6.04 Å². The van der Waals surface area contributed by atoms with E-state index in [0.29, 0.717) is 30.5 Å². The predicted octanol–water partition coefficient (Wildman–Crippen LogP) is 2.84. The van der Waals surface area contributed by atoms with Crippen LogP contribution in [-0.4, -0.2) is 63.7 Å². The summed E-state index contributed by atoms with van der Waals surface area (Å²) in [4.78, 5) is 29.1. The highest BCUT2D eigenvalue weighted by Crippen LogP contribution is 2.24. The van der Waals surface area contributed by atoms with E-state index in [1.165, 1.54) is 0 Å². The largest absolute Gasteiger partial charge is 0.379 e. The van der Waals surface area contributed by atoms with Gasteiger partial charge in [-0.1, -0.05) is 29.8 Å². The van der Waals surface area contributed by atoms with Crippen LogP contribution in [0, 0.1) is 6.92 Å². The van der Waals surface area contributed by atoms with Gasteiger partial charge in [-0.2, -0.15) is 0 Å². The van der Waals surface area contributed by atoms with E-state index >= 15 is 0 Å². The molecule has 0 saturated carbocycles. The summed E-state index contributed by atoms with van der Waals surface area (Å²) in [5.74, 6) is -1.40. The molecule has 166 valence electrons. The van der Waals surface area contributed by atoms with Crippen molar-refractivity contribution in [2.24, 2.45) is 0 Å². The number of morpholine rings is 1. The number of nitrogens with zero attached hydrogens (tertiary/aromatic N) is 2. The molecule has 0 aromatic heterocycles. The number of carbonyl (C=O) groups is 2. The lowest BCUT2D eigenvalue weighted by Crippen LogP contribution is -2.45. The van der Waals surface area contributed by atoms with Crippen molar-refractivity contribution in [3.8, 4) is 0 Å². The summed E-state index contributed by atoms with van der Waals surface area (Å²) in [5, 5.41) is 5.92. The van der Waals surface area contributed by atoms with Crippen LogP contribution in [0.1, 0.15) is 17.2 Å². The number of halogens is 1. The van der Waals surface area contributed by atoms with Crippen molar-refractivity contribution in [3.63, 3.8) is 0 Å². The molecule has 2 aromatic rings. The van der Waals surface area contributed by atoms with Crippen molar-refractivity contribution in [3.05, 3.63) is 58.6 Å². The molecule has 1 aliphatic rings. The molecule has 2 aromatic carbocycles. The van der Waals surface area contributed by atoms with Crippen LogP contribution in [0.15, 0.2) is 42.5 Å². The second-order valence-corrected chi connectivity index (χ2v) is 8.19. The first kappa shape index (κ1) is 23.1. The number of hydrogen-bond acceptors (Lipinski definition) is 5. The molecule has 1 fully saturated rings. The summed E-state index contributed by atoms with van der Waals surface area (Å²) in [6, 6.07) is 13.3. The minimum atomic E-state index is -0.719. The van der Waals surface area contributed by atoms with E-state index in [9.17, 15) is 9.59 Å². The van der Waals surface area contributed by atoms with E-state index < -0.39 is 11.8 Å². The number of aryl methyl sites for hydroxylation is 1. The van der Waals surface area contributed by atoms with Crippen LogP contribution < -0.4 is 15.5 Å². The molecule has 2 N–H and O–H groups in total. The molecule has 0 radical (unpaired) electrons. The Kier molecular flexibility index (Phi) is 7.90. The number of carbonyl (C=O) groups excluding carboxylic acids is 2. The fourth-order valence-corrected chi connectivity index (χ4v) is 3.65. The van der Waals surface area contributed by atoms with Crippen LogP contribution in [0.25, 0.3) is 0 Å². The highest BCUT2D eigenvalue weighted by atomic mass is 35.5. The number of amides is 2. The van der Waals surface area contributed by atoms with Gasteiger partial charge in [0.15, 0.2) is 0 Å². The van der Waals surface area contributed by atoms with Crippen molar-refractivity contribution in [1.29, 1.82) is 0 Å². The Labute approximate surface area is 188 Å². The van der Waals surface area contributed by atoms with Gasteiger partial charge in [0.05, 0.1) is 19.3 Å². The standard InChI is InChI=1S/C23H29ClN4O3/c1-16-4-7-18(14-20(16)24)26-23(30)22(29)25-15-21(28-10-12-31-13-11-28)17-5-8-19(9-6-17)27(2)3/h4-9,14,21H,10-13,15H2,1-3H3,(H,25,29)(H,26,30)/t21-/m0/s1. The zero-order chi connectivity index (χ0) is 22.4. The smallest absolute Gasteiger partial charge is 0.313 e. The van der Waals surface area contributed by atoms with Gasteiger partial charge in [-0.15, -0.1) is 0 Å². The van der Waals surface area contributed by atoms with Crippen LogP contribution in [0.4, 0.5) is 11.4 Å². The molecular formula is C23H29ClN4O3. The van der Waals surface area contributed by atoms with Gasteiger partial charge in [0.25, 0.3) is 0 Å². The zero-order valence-electron chi connectivity index (χ0n) is 18.2. The molecule has 3 rings (SSSR count). The Morgan fingerprint density at radius 1 is 1.10 bits per heavy atom. The third kappa shape index (κ3) is 6.19. The second kappa shape index (κ2) is 10.6. The van der Waals surface area contributed by atoms with Gasteiger partial charge >= 0.3 is 11.8 Å². The third-order valence-corrected chi connectivity index (χ3v) is 5.78. The van der Waals surface area contributed by atoms with E-state index in [1.807, 2.05) is 25.9 Å². The average Bonchev–Trinajstić information content (AvgIpc) is 2.77. The molecule has 0 aliphatic carbocycles. The van der Waals surface area contributed by atoms with Gasteiger partial charge in [0.1, 0.15) is 0 Å². The van der Waals surface area contributed by atoms with Crippen molar-refractivity contribution in [1.82, 2.24) is 10.2 Å². The predicted molar refractivity (Wildman–Crippen MR) is 124 cm³/mol. The molecule has 7 nitrogen and oxygen atoms in total. The maximum Gasteiger partial charge on any atom is 0.313 e. The van der Waals surface area contributed by atoms with Crippen LogP contribution in [-0.2, 0) is 14.3 Å². The van der Waals surface area contributed by atoms with Gasteiger partial charge in [0.2, 0.25) is 0 Å². The lowest BCUT2D eigenvalue weighted by molar-refractivity contribution is -0.136. The number of anilines is 2. The summed E-state index contributed by atoms with van der Waals surface area (Å²) < 4.78 is 5.47. The average molecular weight is 445 g/mol. The first-order chi connectivity index (χ1) is 14.8. The topological polar surface area (TPSA) is 73.9 Å². The third-order valence-electron chi connectivity index (χ3n) is 5.37. The molecule has 1 atom stereocenters. The zero-order valence-corrected chi connectivity index (χ0v) is 18.9. The van der Waals surface area contributed by atoms with Gasteiger partial charge in [-0.25, -0.2) is 0 Å². The number of hydrogen-bond donors (Lipinski definition) is 2. The summed E-state index contributed by atoms with van der Waals surface area (Å²) in [6.45, 7) is 5.03. The highest BCUT2D eigenvalue weighted by molar-refractivity contribution is 6.39. The van der Waals surface area contributed by atoms with E-state index in [0.717, 1.165) is 29.9 Å². The van der Waals surface area contributed by atoms with Crippen LogP contribution in [0.3, 0.4) is 0 Å². The Morgan fingerprint density at radius 2 is 1.77 bits per heavy atom. The quantitative estimate of drug-likeness (QED) is 0.670. The Morgan fingerprint density at radius 3 is 2.39 bits per heavy atom. The molecule has 1 saturated heterocycles. The van der Waals surface area contributed by atoms with Crippen molar-refractivity contribution >= 4 is 34.8 Å².